The number of nitrogens with zero attached hydrogens (tertiary/aromatic N) is 2. The van der Waals surface area contributed by atoms with Crippen molar-refractivity contribution in [2.75, 3.05) is 6.79 Å². The lowest BCUT2D eigenvalue weighted by Crippen LogP contribution is -2.22. The van der Waals surface area contributed by atoms with Crippen molar-refractivity contribution in [2.45, 2.75) is 26.4 Å². The van der Waals surface area contributed by atoms with Crippen molar-refractivity contribution in [1.82, 2.24) is 9.97 Å². The molecule has 0 amide bonds. The van der Waals surface area contributed by atoms with Crippen LogP contribution in [0.4, 0.5) is 0 Å². The summed E-state index contributed by atoms with van der Waals surface area (Å²) in [6.45, 7) is 5.55. The van der Waals surface area contributed by atoms with E-state index in [1.165, 1.54) is 18.6 Å². The molecule has 1 heterocycles. The molecule has 0 radical (unpaired) electrons. The maximum absolute atomic E-state index is 11.3. The Balaban J connectivity index is 2.38. The van der Waals surface area contributed by atoms with Gasteiger partial charge in [-0.15, -0.1) is 0 Å². The van der Waals surface area contributed by atoms with Gasteiger partial charge in [0.2, 0.25) is 0 Å². The zero-order valence-corrected chi connectivity index (χ0v) is 9.06. The zero-order valence-electron chi connectivity index (χ0n) is 9.06. The van der Waals surface area contributed by atoms with Gasteiger partial charge in [0.25, 0.3) is 0 Å². The standard InChI is InChI=1S/C10H14N2O3/c1-10(2,3)15-7-14-9(13)8-6-11-4-5-12-8/h4-6H,7H2,1-3H3. The second-order valence-corrected chi connectivity index (χ2v) is 3.90. The summed E-state index contributed by atoms with van der Waals surface area (Å²) in [5.41, 5.74) is -0.155. The average molecular weight is 210 g/mol. The summed E-state index contributed by atoms with van der Waals surface area (Å²) in [5.74, 6) is -0.535. The first-order valence-corrected chi connectivity index (χ1v) is 4.56. The molecule has 1 aromatic heterocycles. The summed E-state index contributed by atoms with van der Waals surface area (Å²) in [4.78, 5) is 18.9. The summed E-state index contributed by atoms with van der Waals surface area (Å²) in [6, 6.07) is 0. The van der Waals surface area contributed by atoms with Crippen molar-refractivity contribution >= 4 is 5.97 Å². The average Bonchev–Trinajstić information content (AvgIpc) is 2.17. The van der Waals surface area contributed by atoms with E-state index in [4.69, 9.17) is 9.47 Å². The third kappa shape index (κ3) is 4.51. The van der Waals surface area contributed by atoms with Crippen molar-refractivity contribution in [3.05, 3.63) is 24.3 Å². The van der Waals surface area contributed by atoms with E-state index in [-0.39, 0.29) is 18.1 Å². The Morgan fingerprint density at radius 2 is 2.13 bits per heavy atom. The molecule has 0 saturated carbocycles. The van der Waals surface area contributed by atoms with Gasteiger partial charge in [0, 0.05) is 12.4 Å². The topological polar surface area (TPSA) is 61.3 Å². The van der Waals surface area contributed by atoms with Crippen molar-refractivity contribution in [3.8, 4) is 0 Å². The predicted molar refractivity (Wildman–Crippen MR) is 53.2 cm³/mol. The van der Waals surface area contributed by atoms with Crippen molar-refractivity contribution in [3.63, 3.8) is 0 Å². The summed E-state index contributed by atoms with van der Waals surface area (Å²) < 4.78 is 10.1. The van der Waals surface area contributed by atoms with Gasteiger partial charge in [0.05, 0.1) is 11.8 Å². The fourth-order valence-electron chi connectivity index (χ4n) is 0.738. The van der Waals surface area contributed by atoms with Crippen LogP contribution in [0, 0.1) is 0 Å². The van der Waals surface area contributed by atoms with E-state index in [1.54, 1.807) is 0 Å². The summed E-state index contributed by atoms with van der Waals surface area (Å²) in [5, 5.41) is 0. The van der Waals surface area contributed by atoms with Crippen LogP contribution in [0.3, 0.4) is 0 Å². The minimum absolute atomic E-state index is 0.0844. The van der Waals surface area contributed by atoms with Gasteiger partial charge < -0.3 is 9.47 Å². The highest BCUT2D eigenvalue weighted by molar-refractivity contribution is 5.86. The molecule has 1 aromatic rings. The van der Waals surface area contributed by atoms with Gasteiger partial charge in [0.1, 0.15) is 0 Å². The van der Waals surface area contributed by atoms with Crippen LogP contribution in [-0.2, 0) is 9.47 Å². The van der Waals surface area contributed by atoms with Gasteiger partial charge in [-0.1, -0.05) is 0 Å². The molecular weight excluding hydrogens is 196 g/mol. The first-order chi connectivity index (χ1) is 6.99. The third-order valence-electron chi connectivity index (χ3n) is 1.45. The number of esters is 1. The van der Waals surface area contributed by atoms with E-state index >= 15 is 0 Å². The largest absolute Gasteiger partial charge is 0.434 e. The predicted octanol–water partition coefficient (Wildman–Crippen LogP) is 1.41. The molecule has 0 aromatic carbocycles. The smallest absolute Gasteiger partial charge is 0.360 e. The quantitative estimate of drug-likeness (QED) is 0.557. The SMILES string of the molecule is CC(C)(C)OCOC(=O)c1cnccn1. The van der Waals surface area contributed by atoms with Gasteiger partial charge in [-0.25, -0.2) is 9.78 Å². The number of hydrogen-bond acceptors (Lipinski definition) is 5. The van der Waals surface area contributed by atoms with Crippen LogP contribution in [0.15, 0.2) is 18.6 Å². The monoisotopic (exact) mass is 210 g/mol. The van der Waals surface area contributed by atoms with Crippen molar-refractivity contribution in [1.29, 1.82) is 0 Å². The van der Waals surface area contributed by atoms with Crippen LogP contribution in [0.25, 0.3) is 0 Å². The molecule has 15 heavy (non-hydrogen) atoms. The Bertz CT molecular complexity index is 319. The van der Waals surface area contributed by atoms with Crippen LogP contribution in [0.2, 0.25) is 0 Å². The lowest BCUT2D eigenvalue weighted by atomic mass is 10.2. The summed E-state index contributed by atoms with van der Waals surface area (Å²) in [6.07, 6.45) is 4.27. The van der Waals surface area contributed by atoms with E-state index in [2.05, 4.69) is 9.97 Å². The van der Waals surface area contributed by atoms with Gasteiger partial charge in [0.15, 0.2) is 12.5 Å². The molecule has 0 aliphatic rings. The number of hydrogen-bond donors (Lipinski definition) is 0. The second-order valence-electron chi connectivity index (χ2n) is 3.90. The molecule has 0 N–H and O–H groups in total. The minimum Gasteiger partial charge on any atom is -0.434 e. The molecule has 0 saturated heterocycles. The van der Waals surface area contributed by atoms with Gasteiger partial charge in [-0.3, -0.25) is 4.98 Å². The summed E-state index contributed by atoms with van der Waals surface area (Å²) >= 11 is 0. The molecule has 0 bridgehead atoms. The maximum Gasteiger partial charge on any atom is 0.360 e. The Labute approximate surface area is 88.4 Å². The number of rotatable bonds is 3. The molecule has 5 heteroatoms. The van der Waals surface area contributed by atoms with Crippen LogP contribution in [0.5, 0.6) is 0 Å². The number of carbonyl (C=O) groups excluding carboxylic acids is 1. The lowest BCUT2D eigenvalue weighted by Gasteiger charge is -2.18. The molecule has 0 spiro atoms. The highest BCUT2D eigenvalue weighted by atomic mass is 16.7. The first kappa shape index (κ1) is 11.6. The van der Waals surface area contributed by atoms with E-state index in [9.17, 15) is 4.79 Å². The Hall–Kier alpha value is -1.49. The Kier molecular flexibility index (Phi) is 3.74. The van der Waals surface area contributed by atoms with Gasteiger partial charge in [-0.05, 0) is 20.8 Å². The van der Waals surface area contributed by atoms with Gasteiger partial charge in [-0.2, -0.15) is 0 Å². The van der Waals surface area contributed by atoms with Crippen LogP contribution in [-0.4, -0.2) is 28.3 Å². The number of carbonyl (C=O) groups is 1. The minimum atomic E-state index is -0.535. The Morgan fingerprint density at radius 1 is 1.40 bits per heavy atom. The van der Waals surface area contributed by atoms with Crippen molar-refractivity contribution < 1.29 is 14.3 Å². The summed E-state index contributed by atoms with van der Waals surface area (Å²) in [7, 11) is 0. The van der Waals surface area contributed by atoms with E-state index in [0.717, 1.165) is 0 Å². The second kappa shape index (κ2) is 4.84. The molecule has 0 unspecified atom stereocenters. The van der Waals surface area contributed by atoms with E-state index < -0.39 is 5.97 Å². The van der Waals surface area contributed by atoms with Crippen molar-refractivity contribution in [2.24, 2.45) is 0 Å². The lowest BCUT2D eigenvalue weighted by molar-refractivity contribution is -0.0967. The fourth-order valence-corrected chi connectivity index (χ4v) is 0.738. The molecular formula is C10H14N2O3. The van der Waals surface area contributed by atoms with Crippen LogP contribution >= 0.6 is 0 Å². The van der Waals surface area contributed by atoms with E-state index in [0.29, 0.717) is 0 Å². The number of aromatic nitrogens is 2. The van der Waals surface area contributed by atoms with E-state index in [1.807, 2.05) is 20.8 Å². The molecule has 1 rings (SSSR count). The molecule has 0 aliphatic carbocycles. The highest BCUT2D eigenvalue weighted by Gasteiger charge is 2.13. The molecule has 0 atom stereocenters. The fraction of sp³-hybridized carbons (Fsp3) is 0.500. The number of ether oxygens (including phenoxy) is 2. The molecule has 82 valence electrons. The zero-order chi connectivity index (χ0) is 11.3. The van der Waals surface area contributed by atoms with Gasteiger partial charge >= 0.3 is 5.97 Å². The highest BCUT2D eigenvalue weighted by Crippen LogP contribution is 2.06. The third-order valence-corrected chi connectivity index (χ3v) is 1.45. The molecule has 5 nitrogen and oxygen atoms in total. The van der Waals surface area contributed by atoms with Crippen LogP contribution in [0.1, 0.15) is 31.3 Å². The Morgan fingerprint density at radius 3 is 2.67 bits per heavy atom. The molecule has 0 fully saturated rings. The maximum atomic E-state index is 11.3. The van der Waals surface area contributed by atoms with Crippen LogP contribution < -0.4 is 0 Å². The molecule has 0 aliphatic heterocycles. The normalized spacial score (nSPS) is 11.1. The first-order valence-electron chi connectivity index (χ1n) is 4.56.